The Morgan fingerprint density at radius 3 is 1.83 bits per heavy atom. The molecule has 2 amide bonds. The summed E-state index contributed by atoms with van der Waals surface area (Å²) >= 11 is 0. The van der Waals surface area contributed by atoms with Gasteiger partial charge in [0.25, 0.3) is 0 Å². The van der Waals surface area contributed by atoms with Crippen LogP contribution in [0.2, 0.25) is 0 Å². The molecule has 274 valence electrons. The van der Waals surface area contributed by atoms with Gasteiger partial charge in [0.2, 0.25) is 0 Å². The largest absolute Gasteiger partial charge is 0.444 e. The van der Waals surface area contributed by atoms with Gasteiger partial charge >= 0.3 is 12.2 Å². The fourth-order valence-corrected chi connectivity index (χ4v) is 5.43. The molecule has 0 radical (unpaired) electrons. The van der Waals surface area contributed by atoms with E-state index in [1.165, 1.54) is 0 Å². The van der Waals surface area contributed by atoms with Crippen LogP contribution in [0.3, 0.4) is 0 Å². The van der Waals surface area contributed by atoms with Crippen molar-refractivity contribution in [2.45, 2.75) is 151 Å². The molecule has 1 aliphatic carbocycles. The fraction of sp³-hybridized carbons (Fsp3) is 0.929. The van der Waals surface area contributed by atoms with Crippen LogP contribution in [0.1, 0.15) is 48.0 Å². The molecule has 0 bridgehead atoms. The molecule has 47 heavy (non-hydrogen) atoms. The number of amides is 2. The molecule has 2 heterocycles. The molecule has 3 aliphatic rings. The van der Waals surface area contributed by atoms with Crippen molar-refractivity contribution in [2.24, 2.45) is 11.5 Å². The van der Waals surface area contributed by atoms with Gasteiger partial charge < -0.3 is 86.3 Å². The van der Waals surface area contributed by atoms with Crippen LogP contribution >= 0.6 is 0 Å². The zero-order valence-corrected chi connectivity index (χ0v) is 27.3. The highest BCUT2D eigenvalue weighted by atomic mass is 16.7. The van der Waals surface area contributed by atoms with E-state index in [0.717, 1.165) is 0 Å². The molecule has 15 atom stereocenters. The summed E-state index contributed by atoms with van der Waals surface area (Å²) in [7, 11) is 0. The Balaban J connectivity index is 1.84. The highest BCUT2D eigenvalue weighted by Gasteiger charge is 2.53. The molecule has 3 rings (SSSR count). The molecule has 13 N–H and O–H groups in total. The van der Waals surface area contributed by atoms with E-state index in [-0.39, 0.29) is 13.0 Å². The SMILES string of the molecule is CC(C)(C)OC(=O)NC[C@H]1O[C@@H](O[C@@H]2[C@@H](O)[C@H](O[C@H]3O[C@H](CO)[C@H](O)[C@@H](N)[C@H]3O)[C@@H](N)C[C@H]2NC(=O)OC(C)(C)C)[C@H](O)[C@@H](O)[C@@H]1O. The van der Waals surface area contributed by atoms with Gasteiger partial charge in [-0.1, -0.05) is 0 Å². The summed E-state index contributed by atoms with van der Waals surface area (Å²) in [5.74, 6) is 0. The molecule has 3 fully saturated rings. The molecule has 2 aliphatic heterocycles. The summed E-state index contributed by atoms with van der Waals surface area (Å²) < 4.78 is 33.5. The smallest absolute Gasteiger partial charge is 0.407 e. The number of alkyl carbamates (subject to hydrolysis) is 2. The molecule has 2 saturated heterocycles. The van der Waals surface area contributed by atoms with E-state index in [1.807, 2.05) is 0 Å². The number of rotatable bonds is 8. The Labute approximate surface area is 272 Å². The number of aliphatic hydroxyl groups is 7. The predicted octanol–water partition coefficient (Wildman–Crippen LogP) is -4.16. The second-order valence-corrected chi connectivity index (χ2v) is 14.0. The fourth-order valence-electron chi connectivity index (χ4n) is 5.43. The van der Waals surface area contributed by atoms with Crippen LogP contribution in [-0.4, -0.2) is 164 Å². The molecule has 0 aromatic heterocycles. The van der Waals surface area contributed by atoms with E-state index in [9.17, 15) is 45.3 Å². The second-order valence-electron chi connectivity index (χ2n) is 14.0. The molecule has 0 spiro atoms. The van der Waals surface area contributed by atoms with Gasteiger partial charge in [0.1, 0.15) is 72.2 Å². The van der Waals surface area contributed by atoms with Crippen molar-refractivity contribution in [2.75, 3.05) is 13.2 Å². The van der Waals surface area contributed by atoms with Gasteiger partial charge in [-0.15, -0.1) is 0 Å². The topological polar surface area (TPSA) is 307 Å². The van der Waals surface area contributed by atoms with Gasteiger partial charge in [0.15, 0.2) is 12.6 Å². The third kappa shape index (κ3) is 10.3. The van der Waals surface area contributed by atoms with E-state index in [2.05, 4.69) is 10.6 Å². The first kappa shape index (κ1) is 39.5. The lowest BCUT2D eigenvalue weighted by atomic mass is 9.83. The zero-order chi connectivity index (χ0) is 35.6. The van der Waals surface area contributed by atoms with Crippen LogP contribution in [0.25, 0.3) is 0 Å². The van der Waals surface area contributed by atoms with Crippen LogP contribution < -0.4 is 22.1 Å². The number of carbonyl (C=O) groups excluding carboxylic acids is 2. The van der Waals surface area contributed by atoms with E-state index < -0.39 is 122 Å². The predicted molar refractivity (Wildman–Crippen MR) is 158 cm³/mol. The molecule has 0 unspecified atom stereocenters. The summed E-state index contributed by atoms with van der Waals surface area (Å²) in [4.78, 5) is 24.9. The van der Waals surface area contributed by atoms with Crippen molar-refractivity contribution >= 4 is 12.2 Å². The first-order valence-electron chi connectivity index (χ1n) is 15.4. The maximum absolute atomic E-state index is 12.8. The summed E-state index contributed by atoms with van der Waals surface area (Å²) in [6, 6.07) is -3.45. The highest BCUT2D eigenvalue weighted by molar-refractivity contribution is 5.68. The molecular weight excluding hydrogens is 632 g/mol. The zero-order valence-electron chi connectivity index (χ0n) is 27.3. The number of hydrogen-bond donors (Lipinski definition) is 11. The van der Waals surface area contributed by atoms with Gasteiger partial charge in [0.05, 0.1) is 18.7 Å². The maximum atomic E-state index is 12.8. The average molecular weight is 685 g/mol. The second kappa shape index (κ2) is 15.7. The van der Waals surface area contributed by atoms with E-state index in [4.69, 9.17) is 39.9 Å². The number of ether oxygens (including phenoxy) is 6. The Morgan fingerprint density at radius 2 is 1.26 bits per heavy atom. The van der Waals surface area contributed by atoms with Crippen molar-refractivity contribution in [1.82, 2.24) is 10.6 Å². The van der Waals surface area contributed by atoms with Crippen LogP contribution in [-0.2, 0) is 28.4 Å². The van der Waals surface area contributed by atoms with Crippen molar-refractivity contribution in [3.8, 4) is 0 Å². The minimum Gasteiger partial charge on any atom is -0.444 e. The number of hydrogen-bond acceptors (Lipinski definition) is 17. The van der Waals surface area contributed by atoms with E-state index >= 15 is 0 Å². The number of carbonyl (C=O) groups is 2. The Morgan fingerprint density at radius 1 is 0.723 bits per heavy atom. The lowest BCUT2D eigenvalue weighted by molar-refractivity contribution is -0.333. The first-order valence-corrected chi connectivity index (χ1v) is 15.4. The van der Waals surface area contributed by atoms with Crippen molar-refractivity contribution < 1.29 is 73.8 Å². The lowest BCUT2D eigenvalue weighted by Crippen LogP contribution is -2.69. The van der Waals surface area contributed by atoms with Gasteiger partial charge in [-0.2, -0.15) is 0 Å². The van der Waals surface area contributed by atoms with Crippen LogP contribution in [0.4, 0.5) is 9.59 Å². The van der Waals surface area contributed by atoms with Crippen LogP contribution in [0, 0.1) is 0 Å². The van der Waals surface area contributed by atoms with Crippen LogP contribution in [0.5, 0.6) is 0 Å². The minimum atomic E-state index is -1.87. The average Bonchev–Trinajstić information content (AvgIpc) is 2.94. The van der Waals surface area contributed by atoms with Crippen molar-refractivity contribution in [3.05, 3.63) is 0 Å². The molecule has 19 heteroatoms. The highest BCUT2D eigenvalue weighted by Crippen LogP contribution is 2.32. The molecule has 19 nitrogen and oxygen atoms in total. The molecular formula is C28H52N4O15. The minimum absolute atomic E-state index is 0.135. The first-order chi connectivity index (χ1) is 21.6. The molecule has 1 saturated carbocycles. The van der Waals surface area contributed by atoms with E-state index in [0.29, 0.717) is 0 Å². The van der Waals surface area contributed by atoms with Crippen LogP contribution in [0.15, 0.2) is 0 Å². The van der Waals surface area contributed by atoms with Gasteiger partial charge in [-0.3, -0.25) is 0 Å². The standard InChI is InChI=1S/C28H52N4O15/c1-27(2,3)46-25(40)31-8-12-16(35)18(37)19(38)24(42-12)45-22-11(32-26(41)47-28(4,5)6)7-10(29)21(20(22)39)44-23-17(36)14(30)15(34)13(9-33)43-23/h10-24,33-39H,7-9,29-30H2,1-6H3,(H,31,40)(H,32,41)/t10-,11+,12+,13+,14+,15-,16+,17+,18-,19+,20-,21+,22-,23+,24-/m0/s1. The number of nitrogens with two attached hydrogens (primary N) is 2. The van der Waals surface area contributed by atoms with Gasteiger partial charge in [-0.25, -0.2) is 9.59 Å². The third-order valence-electron chi connectivity index (χ3n) is 7.75. The quantitative estimate of drug-likeness (QED) is 0.116. The summed E-state index contributed by atoms with van der Waals surface area (Å²) in [5.41, 5.74) is 10.5. The summed E-state index contributed by atoms with van der Waals surface area (Å²) in [6.45, 7) is 8.79. The van der Waals surface area contributed by atoms with Gasteiger partial charge in [0, 0.05) is 12.6 Å². The summed E-state index contributed by atoms with van der Waals surface area (Å²) in [5, 5.41) is 78.9. The normalized spacial score (nSPS) is 41.6. The number of aliphatic hydroxyl groups excluding tert-OH is 7. The molecule has 0 aromatic carbocycles. The van der Waals surface area contributed by atoms with Gasteiger partial charge in [-0.05, 0) is 48.0 Å². The molecule has 0 aromatic rings. The van der Waals surface area contributed by atoms with Crippen molar-refractivity contribution in [3.63, 3.8) is 0 Å². The Hall–Kier alpha value is -1.98. The third-order valence-corrected chi connectivity index (χ3v) is 7.75. The van der Waals surface area contributed by atoms with Crippen molar-refractivity contribution in [1.29, 1.82) is 0 Å². The Kier molecular flexibility index (Phi) is 13.2. The Bertz CT molecular complexity index is 1040. The maximum Gasteiger partial charge on any atom is 0.407 e. The lowest BCUT2D eigenvalue weighted by Gasteiger charge is -2.48. The number of nitrogens with one attached hydrogen (secondary N) is 2. The van der Waals surface area contributed by atoms with E-state index in [1.54, 1.807) is 41.5 Å². The monoisotopic (exact) mass is 684 g/mol. The summed E-state index contributed by atoms with van der Waals surface area (Å²) in [6.07, 6.45) is -20.8.